The van der Waals surface area contributed by atoms with Gasteiger partial charge in [-0.1, -0.05) is 12.1 Å². The summed E-state index contributed by atoms with van der Waals surface area (Å²) in [5.74, 6) is -3.85. The smallest absolute Gasteiger partial charge is 0.326 e. The van der Waals surface area contributed by atoms with Crippen LogP contribution in [0.1, 0.15) is 37.2 Å². The molecule has 1 aliphatic heterocycles. The second-order valence-electron chi connectivity index (χ2n) is 5.97. The van der Waals surface area contributed by atoms with E-state index < -0.39 is 29.6 Å². The predicted octanol–water partition coefficient (Wildman–Crippen LogP) is 2.53. The highest BCUT2D eigenvalue weighted by Gasteiger charge is 2.49. The van der Waals surface area contributed by atoms with Crippen molar-refractivity contribution in [1.29, 1.82) is 0 Å². The van der Waals surface area contributed by atoms with Crippen LogP contribution in [0.4, 0.5) is 8.78 Å². The van der Waals surface area contributed by atoms with Crippen molar-refractivity contribution in [2.45, 2.75) is 37.6 Å². The van der Waals surface area contributed by atoms with Crippen molar-refractivity contribution in [1.82, 2.24) is 4.90 Å². The molecule has 1 saturated carbocycles. The van der Waals surface area contributed by atoms with Crippen LogP contribution in [0.3, 0.4) is 0 Å². The number of halogens is 2. The minimum absolute atomic E-state index is 0.210. The molecule has 2 fully saturated rings. The first-order valence-corrected chi connectivity index (χ1v) is 7.48. The number of carboxylic acid groups (broad SMARTS) is 1. The van der Waals surface area contributed by atoms with Crippen LogP contribution in [-0.2, 0) is 9.59 Å². The van der Waals surface area contributed by atoms with Gasteiger partial charge in [0.1, 0.15) is 6.04 Å². The van der Waals surface area contributed by atoms with Crippen molar-refractivity contribution in [2.75, 3.05) is 6.54 Å². The number of carboxylic acids is 1. The van der Waals surface area contributed by atoms with Gasteiger partial charge in [-0.3, -0.25) is 4.79 Å². The first-order valence-electron chi connectivity index (χ1n) is 7.48. The fourth-order valence-corrected chi connectivity index (χ4v) is 3.28. The fraction of sp³-hybridized carbons (Fsp3) is 0.500. The molecule has 4 nitrogen and oxygen atoms in total. The van der Waals surface area contributed by atoms with Gasteiger partial charge in [0.05, 0.1) is 0 Å². The molecule has 3 atom stereocenters. The standard InChI is InChI=1S/C16H17F2NO3/c17-12-5-3-4-9(14(12)18)10-8-11(10)15(20)19-7-2-1-6-13(19)16(21)22/h3-5,10-11,13H,1-2,6-8H2,(H,21,22)/t10-,11-,13+/m1/s1. The zero-order valence-corrected chi connectivity index (χ0v) is 12.0. The number of benzene rings is 1. The topological polar surface area (TPSA) is 57.6 Å². The Morgan fingerprint density at radius 3 is 2.73 bits per heavy atom. The summed E-state index contributed by atoms with van der Waals surface area (Å²) in [5, 5.41) is 9.22. The van der Waals surface area contributed by atoms with Crippen molar-refractivity contribution in [3.63, 3.8) is 0 Å². The van der Waals surface area contributed by atoms with Crippen LogP contribution in [0.25, 0.3) is 0 Å². The van der Waals surface area contributed by atoms with E-state index in [1.165, 1.54) is 17.0 Å². The van der Waals surface area contributed by atoms with Gasteiger partial charge in [-0.2, -0.15) is 0 Å². The quantitative estimate of drug-likeness (QED) is 0.933. The van der Waals surface area contributed by atoms with Gasteiger partial charge in [0.2, 0.25) is 5.91 Å². The van der Waals surface area contributed by atoms with Gasteiger partial charge < -0.3 is 10.0 Å². The van der Waals surface area contributed by atoms with E-state index in [1.54, 1.807) is 0 Å². The lowest BCUT2D eigenvalue weighted by Gasteiger charge is -2.33. The Labute approximate surface area is 126 Å². The van der Waals surface area contributed by atoms with Crippen LogP contribution < -0.4 is 0 Å². The summed E-state index contributed by atoms with van der Waals surface area (Å²) in [5.41, 5.74) is 0.210. The summed E-state index contributed by atoms with van der Waals surface area (Å²) >= 11 is 0. The maximum atomic E-state index is 13.8. The van der Waals surface area contributed by atoms with Crippen LogP contribution in [-0.4, -0.2) is 34.5 Å². The lowest BCUT2D eigenvalue weighted by atomic mass is 10.0. The van der Waals surface area contributed by atoms with Crippen molar-refractivity contribution in [3.8, 4) is 0 Å². The zero-order chi connectivity index (χ0) is 15.9. The van der Waals surface area contributed by atoms with Crippen LogP contribution in [0.5, 0.6) is 0 Å². The van der Waals surface area contributed by atoms with Crippen molar-refractivity contribution in [2.24, 2.45) is 5.92 Å². The molecule has 1 aliphatic carbocycles. The molecule has 1 amide bonds. The molecule has 0 bridgehead atoms. The van der Waals surface area contributed by atoms with Gasteiger partial charge in [-0.15, -0.1) is 0 Å². The van der Waals surface area contributed by atoms with E-state index in [0.29, 0.717) is 19.4 Å². The second-order valence-corrected chi connectivity index (χ2v) is 5.97. The number of likely N-dealkylation sites (tertiary alicyclic amines) is 1. The van der Waals surface area contributed by atoms with E-state index in [4.69, 9.17) is 0 Å². The molecule has 3 rings (SSSR count). The molecule has 0 radical (unpaired) electrons. The lowest BCUT2D eigenvalue weighted by Crippen LogP contribution is -2.48. The third kappa shape index (κ3) is 2.58. The van der Waals surface area contributed by atoms with Crippen molar-refractivity contribution in [3.05, 3.63) is 35.4 Å². The van der Waals surface area contributed by atoms with Gasteiger partial charge in [0.15, 0.2) is 11.6 Å². The average Bonchev–Trinajstić information content (AvgIpc) is 3.29. The molecule has 22 heavy (non-hydrogen) atoms. The Hall–Kier alpha value is -1.98. The molecular formula is C16H17F2NO3. The Morgan fingerprint density at radius 1 is 1.23 bits per heavy atom. The van der Waals surface area contributed by atoms with Crippen molar-refractivity contribution >= 4 is 11.9 Å². The van der Waals surface area contributed by atoms with Gasteiger partial charge >= 0.3 is 5.97 Å². The van der Waals surface area contributed by atoms with Crippen LogP contribution in [0, 0.1) is 17.6 Å². The third-order valence-electron chi connectivity index (χ3n) is 4.56. The van der Waals surface area contributed by atoms with Gasteiger partial charge in [0, 0.05) is 12.5 Å². The Bertz CT molecular complexity index is 619. The Balaban J connectivity index is 1.74. The summed E-state index contributed by atoms with van der Waals surface area (Å²) in [6, 6.07) is 3.17. The minimum atomic E-state index is -0.998. The molecule has 6 heteroatoms. The van der Waals surface area contributed by atoms with Crippen LogP contribution >= 0.6 is 0 Å². The third-order valence-corrected chi connectivity index (χ3v) is 4.56. The van der Waals surface area contributed by atoms with Gasteiger partial charge in [0.25, 0.3) is 0 Å². The first kappa shape index (κ1) is 14.9. The summed E-state index contributed by atoms with van der Waals surface area (Å²) in [7, 11) is 0. The number of piperidine rings is 1. The normalized spacial score (nSPS) is 27.5. The molecule has 1 heterocycles. The molecule has 0 unspecified atom stereocenters. The van der Waals surface area contributed by atoms with E-state index in [2.05, 4.69) is 0 Å². The van der Waals surface area contributed by atoms with E-state index in [-0.39, 0.29) is 17.4 Å². The largest absolute Gasteiger partial charge is 0.480 e. The van der Waals surface area contributed by atoms with E-state index in [1.807, 2.05) is 0 Å². The number of hydrogen-bond donors (Lipinski definition) is 1. The Morgan fingerprint density at radius 2 is 2.00 bits per heavy atom. The average molecular weight is 309 g/mol. The van der Waals surface area contributed by atoms with Crippen LogP contribution in [0.2, 0.25) is 0 Å². The predicted molar refractivity (Wildman–Crippen MR) is 74.2 cm³/mol. The summed E-state index contributed by atoms with van der Waals surface area (Å²) in [6.45, 7) is 0.421. The molecule has 2 aliphatic rings. The molecule has 0 spiro atoms. The number of nitrogens with zero attached hydrogens (tertiary/aromatic N) is 1. The summed E-state index contributed by atoms with van der Waals surface area (Å²) in [6.07, 6.45) is 2.46. The van der Waals surface area contributed by atoms with Crippen molar-refractivity contribution < 1.29 is 23.5 Å². The van der Waals surface area contributed by atoms with Crippen LogP contribution in [0.15, 0.2) is 18.2 Å². The molecule has 1 aromatic rings. The number of hydrogen-bond acceptors (Lipinski definition) is 2. The second kappa shape index (κ2) is 5.66. The number of amides is 1. The highest BCUT2D eigenvalue weighted by Crippen LogP contribution is 2.50. The highest BCUT2D eigenvalue weighted by molar-refractivity contribution is 5.87. The monoisotopic (exact) mass is 309 g/mol. The Kier molecular flexibility index (Phi) is 3.85. The zero-order valence-electron chi connectivity index (χ0n) is 12.0. The maximum Gasteiger partial charge on any atom is 0.326 e. The van der Waals surface area contributed by atoms with E-state index in [0.717, 1.165) is 18.9 Å². The SMILES string of the molecule is O=C(O)[C@@H]1CCCCN1C(=O)[C@@H]1C[C@@H]1c1cccc(F)c1F. The molecule has 1 N–H and O–H groups in total. The first-order chi connectivity index (χ1) is 10.5. The summed E-state index contributed by atoms with van der Waals surface area (Å²) < 4.78 is 27.1. The number of rotatable bonds is 3. The fourth-order valence-electron chi connectivity index (χ4n) is 3.28. The van der Waals surface area contributed by atoms with E-state index in [9.17, 15) is 23.5 Å². The summed E-state index contributed by atoms with van der Waals surface area (Å²) in [4.78, 5) is 25.2. The molecule has 0 aromatic heterocycles. The molecule has 1 saturated heterocycles. The lowest BCUT2D eigenvalue weighted by molar-refractivity contribution is -0.152. The van der Waals surface area contributed by atoms with Gasteiger partial charge in [-0.05, 0) is 43.2 Å². The number of carbonyl (C=O) groups is 2. The van der Waals surface area contributed by atoms with Gasteiger partial charge in [-0.25, -0.2) is 13.6 Å². The van der Waals surface area contributed by atoms with E-state index >= 15 is 0 Å². The molecule has 1 aromatic carbocycles. The maximum absolute atomic E-state index is 13.8. The molecular weight excluding hydrogens is 292 g/mol. The highest BCUT2D eigenvalue weighted by atomic mass is 19.2. The number of aliphatic carboxylic acids is 1. The molecule has 118 valence electrons. The minimum Gasteiger partial charge on any atom is -0.480 e. The number of carbonyl (C=O) groups excluding carboxylic acids is 1.